The van der Waals surface area contributed by atoms with Gasteiger partial charge in [0.2, 0.25) is 0 Å². The third-order valence-corrected chi connectivity index (χ3v) is 5.86. The topological polar surface area (TPSA) is 12.0 Å². The zero-order chi connectivity index (χ0) is 12.9. The van der Waals surface area contributed by atoms with Crippen LogP contribution in [0.4, 0.5) is 0 Å². The van der Waals surface area contributed by atoms with Crippen molar-refractivity contribution in [3.8, 4) is 0 Å². The van der Waals surface area contributed by atoms with Gasteiger partial charge in [-0.25, -0.2) is 0 Å². The Morgan fingerprint density at radius 3 is 2.61 bits per heavy atom. The van der Waals surface area contributed by atoms with E-state index in [-0.39, 0.29) is 0 Å². The van der Waals surface area contributed by atoms with Gasteiger partial charge in [-0.05, 0) is 30.9 Å². The summed E-state index contributed by atoms with van der Waals surface area (Å²) in [5, 5.41) is 5.88. The van der Waals surface area contributed by atoms with Gasteiger partial charge >= 0.3 is 0 Å². The first-order valence-corrected chi connectivity index (χ1v) is 8.11. The summed E-state index contributed by atoms with van der Waals surface area (Å²) in [4.78, 5) is 1.25. The Morgan fingerprint density at radius 2 is 1.94 bits per heavy atom. The second kappa shape index (κ2) is 4.90. The largest absolute Gasteiger partial charge is 0.307 e. The third kappa shape index (κ3) is 2.40. The summed E-state index contributed by atoms with van der Waals surface area (Å²) in [5.74, 6) is 0.585. The molecule has 18 heavy (non-hydrogen) atoms. The van der Waals surface area contributed by atoms with E-state index in [4.69, 9.17) is 23.2 Å². The Kier molecular flexibility index (Phi) is 3.57. The van der Waals surface area contributed by atoms with Crippen molar-refractivity contribution in [1.29, 1.82) is 0 Å². The molecular formula is C14H17Cl2NS. The molecule has 1 aromatic carbocycles. The lowest BCUT2D eigenvalue weighted by molar-refractivity contribution is 0.370. The maximum atomic E-state index is 6.42. The molecule has 1 heterocycles. The molecule has 3 unspecified atom stereocenters. The summed E-state index contributed by atoms with van der Waals surface area (Å²) in [6, 6.07) is 4.98. The first-order valence-electron chi connectivity index (χ1n) is 6.48. The van der Waals surface area contributed by atoms with Crippen LogP contribution in [-0.2, 0) is 0 Å². The Bertz CT molecular complexity index is 473. The van der Waals surface area contributed by atoms with Crippen molar-refractivity contribution in [3.05, 3.63) is 27.7 Å². The van der Waals surface area contributed by atoms with E-state index in [0.29, 0.717) is 23.3 Å². The molecule has 2 aliphatic rings. The molecule has 4 heteroatoms. The zero-order valence-electron chi connectivity index (χ0n) is 10.5. The smallest absolute Gasteiger partial charge is 0.0479 e. The summed E-state index contributed by atoms with van der Waals surface area (Å²) in [5.41, 5.74) is 1.25. The number of nitrogens with one attached hydrogen (secondary N) is 1. The van der Waals surface area contributed by atoms with E-state index < -0.39 is 0 Å². The minimum absolute atomic E-state index is 0.369. The number of hydrogen-bond donors (Lipinski definition) is 1. The predicted molar refractivity (Wildman–Crippen MR) is 79.8 cm³/mol. The zero-order valence-corrected chi connectivity index (χ0v) is 12.9. The van der Waals surface area contributed by atoms with E-state index in [0.717, 1.165) is 10.0 Å². The lowest BCUT2D eigenvalue weighted by Crippen LogP contribution is -2.35. The van der Waals surface area contributed by atoms with Gasteiger partial charge in [0.15, 0.2) is 0 Å². The van der Waals surface area contributed by atoms with Crippen LogP contribution >= 0.6 is 35.0 Å². The van der Waals surface area contributed by atoms with Gasteiger partial charge < -0.3 is 5.32 Å². The Hall–Kier alpha value is 0.110. The van der Waals surface area contributed by atoms with Crippen molar-refractivity contribution in [2.24, 2.45) is 5.92 Å². The van der Waals surface area contributed by atoms with Crippen LogP contribution in [-0.4, -0.2) is 11.3 Å². The van der Waals surface area contributed by atoms with Crippen LogP contribution in [0, 0.1) is 5.92 Å². The molecule has 0 amide bonds. The average molecular weight is 302 g/mol. The van der Waals surface area contributed by atoms with Crippen LogP contribution in [0.1, 0.15) is 38.3 Å². The van der Waals surface area contributed by atoms with E-state index in [9.17, 15) is 0 Å². The molecule has 0 bridgehead atoms. The second-order valence-electron chi connectivity index (χ2n) is 5.40. The fourth-order valence-corrected chi connectivity index (χ4v) is 4.60. The Morgan fingerprint density at radius 1 is 1.22 bits per heavy atom. The average Bonchev–Trinajstić information content (AvgIpc) is 3.07. The van der Waals surface area contributed by atoms with Crippen molar-refractivity contribution in [2.75, 3.05) is 0 Å². The van der Waals surface area contributed by atoms with Gasteiger partial charge in [0.25, 0.3) is 0 Å². The highest BCUT2D eigenvalue weighted by Crippen LogP contribution is 2.48. The van der Waals surface area contributed by atoms with Gasteiger partial charge in [-0.2, -0.15) is 0 Å². The van der Waals surface area contributed by atoms with Gasteiger partial charge in [-0.15, -0.1) is 11.8 Å². The number of halogens is 2. The van der Waals surface area contributed by atoms with E-state index in [2.05, 4.69) is 25.2 Å². The molecule has 0 aromatic heterocycles. The molecule has 98 valence electrons. The molecule has 1 nitrogen and oxygen atoms in total. The molecular weight excluding hydrogens is 285 g/mol. The fourth-order valence-electron chi connectivity index (χ4n) is 2.54. The molecule has 1 aromatic rings. The molecule has 1 aliphatic heterocycles. The van der Waals surface area contributed by atoms with Crippen molar-refractivity contribution in [2.45, 2.75) is 48.9 Å². The molecule has 1 N–H and O–H groups in total. The predicted octanol–water partition coefficient (Wildman–Crippen LogP) is 4.92. The quantitative estimate of drug-likeness (QED) is 0.832. The van der Waals surface area contributed by atoms with Crippen LogP contribution in [0.2, 0.25) is 10.0 Å². The summed E-state index contributed by atoms with van der Waals surface area (Å²) in [7, 11) is 0. The molecule has 0 radical (unpaired) electrons. The van der Waals surface area contributed by atoms with Crippen LogP contribution in [0.15, 0.2) is 17.0 Å². The standard InChI is InChI=1S/C14H17Cl2NS/c1-7-8(2)18-12-6-9(15)5-11(16)13(12)14(7)17-10-3-4-10/h5-8,10,14,17H,3-4H2,1-2H3. The minimum Gasteiger partial charge on any atom is -0.307 e. The van der Waals surface area contributed by atoms with Crippen LogP contribution in [0.5, 0.6) is 0 Å². The third-order valence-electron chi connectivity index (χ3n) is 3.94. The number of hydrogen-bond acceptors (Lipinski definition) is 2. The maximum absolute atomic E-state index is 6.42. The van der Waals surface area contributed by atoms with Crippen LogP contribution < -0.4 is 5.32 Å². The normalized spacial score (nSPS) is 31.2. The van der Waals surface area contributed by atoms with Gasteiger partial charge in [0, 0.05) is 37.8 Å². The lowest BCUT2D eigenvalue weighted by atomic mass is 9.91. The first-order chi connectivity index (χ1) is 8.56. The Labute approximate surface area is 123 Å². The number of rotatable bonds is 2. The Balaban J connectivity index is 2.02. The number of fused-ring (bicyclic) bond motifs is 1. The molecule has 3 atom stereocenters. The van der Waals surface area contributed by atoms with E-state index in [1.54, 1.807) is 0 Å². The molecule has 1 fully saturated rings. The highest BCUT2D eigenvalue weighted by atomic mass is 35.5. The highest BCUT2D eigenvalue weighted by molar-refractivity contribution is 8.00. The van der Waals surface area contributed by atoms with Gasteiger partial charge in [-0.3, -0.25) is 0 Å². The van der Waals surface area contributed by atoms with Gasteiger partial charge in [0.1, 0.15) is 0 Å². The van der Waals surface area contributed by atoms with Crippen molar-refractivity contribution in [1.82, 2.24) is 5.32 Å². The molecule has 0 spiro atoms. The lowest BCUT2D eigenvalue weighted by Gasteiger charge is -2.37. The van der Waals surface area contributed by atoms with E-state index >= 15 is 0 Å². The fraction of sp³-hybridized carbons (Fsp3) is 0.571. The molecule has 0 saturated heterocycles. The van der Waals surface area contributed by atoms with Crippen molar-refractivity contribution in [3.63, 3.8) is 0 Å². The minimum atomic E-state index is 0.369. The maximum Gasteiger partial charge on any atom is 0.0479 e. The van der Waals surface area contributed by atoms with E-state index in [1.807, 2.05) is 17.8 Å². The van der Waals surface area contributed by atoms with Gasteiger partial charge in [-0.1, -0.05) is 37.0 Å². The summed E-state index contributed by atoms with van der Waals surface area (Å²) in [6.07, 6.45) is 2.59. The van der Waals surface area contributed by atoms with Gasteiger partial charge in [0.05, 0.1) is 0 Å². The van der Waals surface area contributed by atoms with Crippen LogP contribution in [0.3, 0.4) is 0 Å². The SMILES string of the molecule is CC1Sc2cc(Cl)cc(Cl)c2C(NC2CC2)C1C. The summed E-state index contributed by atoms with van der Waals surface area (Å²) < 4.78 is 0. The number of thioether (sulfide) groups is 1. The first kappa shape index (κ1) is 13.1. The second-order valence-corrected chi connectivity index (χ2v) is 7.66. The molecule has 1 saturated carbocycles. The number of benzene rings is 1. The van der Waals surface area contributed by atoms with E-state index in [1.165, 1.54) is 23.3 Å². The summed E-state index contributed by atoms with van der Waals surface area (Å²) in [6.45, 7) is 4.60. The van der Waals surface area contributed by atoms with Crippen molar-refractivity contribution < 1.29 is 0 Å². The molecule has 1 aliphatic carbocycles. The highest BCUT2D eigenvalue weighted by Gasteiger charge is 2.37. The molecule has 3 rings (SSSR count). The monoisotopic (exact) mass is 301 g/mol. The van der Waals surface area contributed by atoms with Crippen molar-refractivity contribution >= 4 is 35.0 Å². The van der Waals surface area contributed by atoms with Crippen LogP contribution in [0.25, 0.3) is 0 Å². The summed E-state index contributed by atoms with van der Waals surface area (Å²) >= 11 is 14.4.